The van der Waals surface area contributed by atoms with E-state index in [1.165, 1.54) is 5.56 Å². The first-order chi connectivity index (χ1) is 8.69. The highest BCUT2D eigenvalue weighted by atomic mass is 16.5. The van der Waals surface area contributed by atoms with E-state index >= 15 is 0 Å². The largest absolute Gasteiger partial charge is 0.377 e. The Morgan fingerprint density at radius 2 is 2.00 bits per heavy atom. The van der Waals surface area contributed by atoms with Crippen LogP contribution in [0.25, 0.3) is 0 Å². The van der Waals surface area contributed by atoms with Gasteiger partial charge in [-0.25, -0.2) is 0 Å². The van der Waals surface area contributed by atoms with E-state index in [2.05, 4.69) is 12.2 Å². The van der Waals surface area contributed by atoms with Gasteiger partial charge in [0.1, 0.15) is 0 Å². The molecule has 0 bridgehead atoms. The molecule has 1 aromatic rings. The minimum absolute atomic E-state index is 0.0665. The molecular formula is C14H22N2O2. The molecule has 0 spiro atoms. The Bertz CT molecular complexity index is 363. The van der Waals surface area contributed by atoms with Gasteiger partial charge in [-0.1, -0.05) is 19.1 Å². The van der Waals surface area contributed by atoms with Crippen LogP contribution in [0, 0.1) is 0 Å². The number of benzene rings is 1. The van der Waals surface area contributed by atoms with Gasteiger partial charge in [0.05, 0.1) is 12.5 Å². The average Bonchev–Trinajstić information content (AvgIpc) is 2.39. The van der Waals surface area contributed by atoms with Gasteiger partial charge in [-0.3, -0.25) is 4.79 Å². The molecule has 1 unspecified atom stereocenters. The first kappa shape index (κ1) is 14.7. The molecule has 0 aliphatic carbocycles. The van der Waals surface area contributed by atoms with Crippen molar-refractivity contribution >= 4 is 11.6 Å². The lowest BCUT2D eigenvalue weighted by Crippen LogP contribution is -2.29. The zero-order chi connectivity index (χ0) is 13.4. The lowest BCUT2D eigenvalue weighted by atomic mass is 10.1. The Kier molecular flexibility index (Phi) is 6.39. The van der Waals surface area contributed by atoms with Crippen LogP contribution in [-0.2, 0) is 16.0 Å². The molecule has 3 N–H and O–H groups in total. The predicted molar refractivity (Wildman–Crippen MR) is 73.5 cm³/mol. The molecule has 1 amide bonds. The van der Waals surface area contributed by atoms with Crippen molar-refractivity contribution in [3.8, 4) is 0 Å². The van der Waals surface area contributed by atoms with Crippen LogP contribution in [0.3, 0.4) is 0 Å². The summed E-state index contributed by atoms with van der Waals surface area (Å²) < 4.78 is 5.35. The number of carbonyl (C=O) groups excluding carboxylic acids is 1. The Balaban J connectivity index is 2.47. The van der Waals surface area contributed by atoms with Gasteiger partial charge in [0.2, 0.25) is 5.91 Å². The van der Waals surface area contributed by atoms with E-state index in [1.54, 1.807) is 0 Å². The topological polar surface area (TPSA) is 64.3 Å². The highest BCUT2D eigenvalue weighted by Gasteiger charge is 2.12. The molecule has 18 heavy (non-hydrogen) atoms. The second kappa shape index (κ2) is 7.84. The molecule has 0 aliphatic heterocycles. The zero-order valence-corrected chi connectivity index (χ0v) is 11.1. The van der Waals surface area contributed by atoms with Crippen molar-refractivity contribution in [3.05, 3.63) is 29.8 Å². The number of carbonyl (C=O) groups is 1. The zero-order valence-electron chi connectivity index (χ0n) is 11.1. The normalized spacial score (nSPS) is 12.2. The minimum atomic E-state index is -0.204. The number of anilines is 1. The summed E-state index contributed by atoms with van der Waals surface area (Å²) in [6.45, 7) is 4.92. The number of nitrogens with one attached hydrogen (secondary N) is 1. The Morgan fingerprint density at radius 3 is 2.50 bits per heavy atom. The third kappa shape index (κ3) is 4.85. The number of rotatable bonds is 7. The summed E-state index contributed by atoms with van der Waals surface area (Å²) in [4.78, 5) is 11.8. The van der Waals surface area contributed by atoms with E-state index in [4.69, 9.17) is 10.5 Å². The number of nitrogens with two attached hydrogens (primary N) is 1. The lowest BCUT2D eigenvalue weighted by Gasteiger charge is -2.14. The third-order valence-corrected chi connectivity index (χ3v) is 2.72. The molecule has 0 aliphatic rings. The molecule has 100 valence electrons. The second-order valence-corrected chi connectivity index (χ2v) is 4.12. The fourth-order valence-electron chi connectivity index (χ4n) is 1.69. The van der Waals surface area contributed by atoms with Crippen molar-refractivity contribution in [1.82, 2.24) is 0 Å². The van der Waals surface area contributed by atoms with Crippen LogP contribution in [0.2, 0.25) is 0 Å². The molecule has 0 heterocycles. The Hall–Kier alpha value is -1.39. The van der Waals surface area contributed by atoms with Crippen LogP contribution in [0.15, 0.2) is 24.3 Å². The molecule has 0 aromatic heterocycles. The number of aryl methyl sites for hydroxylation is 1. The van der Waals surface area contributed by atoms with Crippen molar-refractivity contribution in [2.45, 2.75) is 32.8 Å². The lowest BCUT2D eigenvalue weighted by molar-refractivity contribution is -0.118. The van der Waals surface area contributed by atoms with Crippen molar-refractivity contribution in [2.75, 3.05) is 18.5 Å². The summed E-state index contributed by atoms with van der Waals surface area (Å²) in [5.74, 6) is -0.0665. The number of hydrogen-bond acceptors (Lipinski definition) is 3. The summed E-state index contributed by atoms with van der Waals surface area (Å²) in [6, 6.07) is 7.85. The molecule has 4 nitrogen and oxygen atoms in total. The van der Waals surface area contributed by atoms with Crippen molar-refractivity contribution in [3.63, 3.8) is 0 Å². The maximum Gasteiger partial charge on any atom is 0.227 e. The Labute approximate surface area is 109 Å². The highest BCUT2D eigenvalue weighted by Crippen LogP contribution is 2.11. The van der Waals surface area contributed by atoms with Gasteiger partial charge >= 0.3 is 0 Å². The minimum Gasteiger partial charge on any atom is -0.377 e. The molecular weight excluding hydrogens is 228 g/mol. The van der Waals surface area contributed by atoms with Crippen molar-refractivity contribution < 1.29 is 9.53 Å². The fraction of sp³-hybridized carbons (Fsp3) is 0.500. The van der Waals surface area contributed by atoms with E-state index in [9.17, 15) is 4.79 Å². The average molecular weight is 250 g/mol. The summed E-state index contributed by atoms with van der Waals surface area (Å²) in [5, 5.41) is 2.84. The van der Waals surface area contributed by atoms with Gasteiger partial charge in [-0.15, -0.1) is 0 Å². The fourth-order valence-corrected chi connectivity index (χ4v) is 1.69. The smallest absolute Gasteiger partial charge is 0.227 e. The molecule has 0 fully saturated rings. The van der Waals surface area contributed by atoms with Gasteiger partial charge < -0.3 is 15.8 Å². The predicted octanol–water partition coefficient (Wildman–Crippen LogP) is 1.94. The highest BCUT2D eigenvalue weighted by molar-refractivity contribution is 5.91. The number of ether oxygens (including phenoxy) is 1. The molecule has 0 saturated carbocycles. The molecule has 4 heteroatoms. The monoisotopic (exact) mass is 250 g/mol. The van der Waals surface area contributed by atoms with Crippen LogP contribution in [-0.4, -0.2) is 25.2 Å². The van der Waals surface area contributed by atoms with Crippen LogP contribution in [0.5, 0.6) is 0 Å². The van der Waals surface area contributed by atoms with Crippen molar-refractivity contribution in [1.29, 1.82) is 0 Å². The van der Waals surface area contributed by atoms with Gasteiger partial charge in [0, 0.05) is 18.8 Å². The number of amides is 1. The van der Waals surface area contributed by atoms with Gasteiger partial charge in [-0.2, -0.15) is 0 Å². The first-order valence-electron chi connectivity index (χ1n) is 6.40. The van der Waals surface area contributed by atoms with Crippen LogP contribution >= 0.6 is 0 Å². The molecule has 1 atom stereocenters. The quantitative estimate of drug-likeness (QED) is 0.777. The molecule has 0 saturated heterocycles. The molecule has 1 rings (SSSR count). The van der Waals surface area contributed by atoms with Crippen LogP contribution in [0.4, 0.5) is 5.69 Å². The maximum atomic E-state index is 11.8. The van der Waals surface area contributed by atoms with E-state index < -0.39 is 0 Å². The second-order valence-electron chi connectivity index (χ2n) is 4.12. The summed E-state index contributed by atoms with van der Waals surface area (Å²) in [5.41, 5.74) is 7.60. The third-order valence-electron chi connectivity index (χ3n) is 2.72. The van der Waals surface area contributed by atoms with Crippen molar-refractivity contribution in [2.24, 2.45) is 5.73 Å². The standard InChI is InChI=1S/C14H22N2O2/c1-3-11-5-7-12(8-6-11)16-14(17)9-13(10-15)18-4-2/h5-8,13H,3-4,9-10,15H2,1-2H3,(H,16,17). The molecule has 1 aromatic carbocycles. The van der Waals surface area contributed by atoms with Gasteiger partial charge in [0.25, 0.3) is 0 Å². The summed E-state index contributed by atoms with van der Waals surface area (Å²) >= 11 is 0. The maximum absolute atomic E-state index is 11.8. The van der Waals surface area contributed by atoms with Gasteiger partial charge in [0.15, 0.2) is 0 Å². The number of hydrogen-bond donors (Lipinski definition) is 2. The van der Waals surface area contributed by atoms with E-state index in [-0.39, 0.29) is 12.0 Å². The van der Waals surface area contributed by atoms with E-state index in [1.807, 2.05) is 31.2 Å². The molecule has 0 radical (unpaired) electrons. The summed E-state index contributed by atoms with van der Waals surface area (Å²) in [6.07, 6.45) is 1.08. The summed E-state index contributed by atoms with van der Waals surface area (Å²) in [7, 11) is 0. The van der Waals surface area contributed by atoms with E-state index in [0.29, 0.717) is 19.6 Å². The Morgan fingerprint density at radius 1 is 1.33 bits per heavy atom. The first-order valence-corrected chi connectivity index (χ1v) is 6.40. The van der Waals surface area contributed by atoms with Crippen LogP contribution < -0.4 is 11.1 Å². The van der Waals surface area contributed by atoms with Crippen LogP contribution in [0.1, 0.15) is 25.8 Å². The SMILES string of the molecule is CCOC(CN)CC(=O)Nc1ccc(CC)cc1. The van der Waals surface area contributed by atoms with Gasteiger partial charge in [-0.05, 0) is 31.0 Å². The van der Waals surface area contributed by atoms with E-state index in [0.717, 1.165) is 12.1 Å².